The van der Waals surface area contributed by atoms with Crippen LogP contribution in [0.25, 0.3) is 33.9 Å². The van der Waals surface area contributed by atoms with Crippen LogP contribution in [-0.4, -0.2) is 15.0 Å². The number of aromatic nitrogens is 3. The molecule has 0 radical (unpaired) electrons. The van der Waals surface area contributed by atoms with Crippen molar-refractivity contribution in [1.29, 1.82) is 0 Å². The zero-order chi connectivity index (χ0) is 21.6. The van der Waals surface area contributed by atoms with E-state index in [4.69, 9.17) is 15.0 Å². The Morgan fingerprint density at radius 2 is 1.61 bits per heavy atom. The van der Waals surface area contributed by atoms with E-state index in [-0.39, 0.29) is 0 Å². The molecule has 1 heterocycles. The maximum absolute atomic E-state index is 4.84. The number of nitrogens with zero attached hydrogens (tertiary/aromatic N) is 3. The fourth-order valence-corrected chi connectivity index (χ4v) is 3.92. The Hall–Kier alpha value is -3.37. The standard InChI is InChI=1S/C27H22BrN3/c1-3-11-19(4-2)22-16-23(18-24(28)17-22)27-30-25(20-12-7-5-8-13-20)29-26(31-27)21-14-9-6-10-15-21/h3-5,7-9,11-18H,1-2,6,10H2/b19-11+. The van der Waals surface area contributed by atoms with Crippen molar-refractivity contribution < 1.29 is 0 Å². The minimum Gasteiger partial charge on any atom is -0.208 e. The summed E-state index contributed by atoms with van der Waals surface area (Å²) in [6.45, 7) is 7.73. The van der Waals surface area contributed by atoms with Gasteiger partial charge in [0.25, 0.3) is 0 Å². The molecule has 4 rings (SSSR count). The van der Waals surface area contributed by atoms with Crippen LogP contribution in [0.1, 0.15) is 24.2 Å². The molecule has 0 saturated carbocycles. The molecule has 0 saturated heterocycles. The average molecular weight is 468 g/mol. The highest BCUT2D eigenvalue weighted by atomic mass is 79.9. The van der Waals surface area contributed by atoms with Crippen LogP contribution in [0.4, 0.5) is 0 Å². The average Bonchev–Trinajstić information content (AvgIpc) is 2.83. The molecule has 3 nitrogen and oxygen atoms in total. The molecule has 0 bridgehead atoms. The summed E-state index contributed by atoms with van der Waals surface area (Å²) in [6.07, 6.45) is 14.0. The van der Waals surface area contributed by atoms with Gasteiger partial charge in [-0.25, -0.2) is 15.0 Å². The van der Waals surface area contributed by atoms with Crippen LogP contribution in [0.3, 0.4) is 0 Å². The molecule has 0 unspecified atom stereocenters. The molecule has 0 fully saturated rings. The molecular weight excluding hydrogens is 446 g/mol. The van der Waals surface area contributed by atoms with Crippen molar-refractivity contribution in [2.75, 3.05) is 0 Å². The molecule has 3 aromatic rings. The summed E-state index contributed by atoms with van der Waals surface area (Å²) in [5.74, 6) is 1.98. The topological polar surface area (TPSA) is 38.7 Å². The Morgan fingerprint density at radius 1 is 0.871 bits per heavy atom. The Morgan fingerprint density at radius 3 is 2.29 bits per heavy atom. The van der Waals surface area contributed by atoms with E-state index in [1.165, 1.54) is 0 Å². The van der Waals surface area contributed by atoms with Crippen LogP contribution in [0.15, 0.2) is 103 Å². The predicted octanol–water partition coefficient (Wildman–Crippen LogP) is 7.46. The lowest BCUT2D eigenvalue weighted by Gasteiger charge is -2.12. The van der Waals surface area contributed by atoms with E-state index >= 15 is 0 Å². The van der Waals surface area contributed by atoms with Crippen LogP contribution in [0, 0.1) is 0 Å². The number of benzene rings is 2. The molecule has 1 aliphatic rings. The molecule has 31 heavy (non-hydrogen) atoms. The summed E-state index contributed by atoms with van der Waals surface area (Å²) >= 11 is 3.64. The lowest BCUT2D eigenvalue weighted by Crippen LogP contribution is -2.03. The Labute approximate surface area is 191 Å². The van der Waals surface area contributed by atoms with Gasteiger partial charge in [0.1, 0.15) is 0 Å². The summed E-state index contributed by atoms with van der Waals surface area (Å²) in [7, 11) is 0. The van der Waals surface area contributed by atoms with E-state index < -0.39 is 0 Å². The fraction of sp³-hybridized carbons (Fsp3) is 0.0741. The van der Waals surface area contributed by atoms with Gasteiger partial charge >= 0.3 is 0 Å². The molecular formula is C27H22BrN3. The third kappa shape index (κ3) is 4.86. The quantitative estimate of drug-likeness (QED) is 0.353. The van der Waals surface area contributed by atoms with Crippen molar-refractivity contribution in [3.63, 3.8) is 0 Å². The van der Waals surface area contributed by atoms with Crippen molar-refractivity contribution >= 4 is 27.1 Å². The molecule has 152 valence electrons. The van der Waals surface area contributed by atoms with Gasteiger partial charge in [0.05, 0.1) is 0 Å². The third-order valence-electron chi connectivity index (χ3n) is 4.93. The van der Waals surface area contributed by atoms with Crippen LogP contribution in [0.5, 0.6) is 0 Å². The van der Waals surface area contributed by atoms with Gasteiger partial charge in [-0.1, -0.05) is 95.9 Å². The second kappa shape index (κ2) is 9.63. The van der Waals surface area contributed by atoms with Crippen LogP contribution < -0.4 is 0 Å². The molecule has 0 spiro atoms. The maximum atomic E-state index is 4.84. The van der Waals surface area contributed by atoms with Crippen molar-refractivity contribution in [2.24, 2.45) is 0 Å². The van der Waals surface area contributed by atoms with Crippen LogP contribution >= 0.6 is 15.9 Å². The van der Waals surface area contributed by atoms with E-state index in [1.807, 2.05) is 54.6 Å². The molecule has 2 aromatic carbocycles. The Kier molecular flexibility index (Phi) is 6.48. The van der Waals surface area contributed by atoms with E-state index in [9.17, 15) is 0 Å². The number of halogens is 1. The number of hydrogen-bond acceptors (Lipinski definition) is 3. The van der Waals surface area contributed by atoms with Crippen molar-refractivity contribution in [3.8, 4) is 22.8 Å². The highest BCUT2D eigenvalue weighted by Gasteiger charge is 2.14. The maximum Gasteiger partial charge on any atom is 0.164 e. The molecule has 1 aliphatic carbocycles. The third-order valence-corrected chi connectivity index (χ3v) is 5.39. The minimum absolute atomic E-state index is 0.633. The van der Waals surface area contributed by atoms with Gasteiger partial charge in [0.2, 0.25) is 0 Å². The van der Waals surface area contributed by atoms with Crippen molar-refractivity contribution in [3.05, 3.63) is 114 Å². The first-order valence-electron chi connectivity index (χ1n) is 10.1. The predicted molar refractivity (Wildman–Crippen MR) is 133 cm³/mol. The van der Waals surface area contributed by atoms with Gasteiger partial charge < -0.3 is 0 Å². The first-order chi connectivity index (χ1) is 15.2. The van der Waals surface area contributed by atoms with E-state index in [2.05, 4.69) is 53.4 Å². The first-order valence-corrected chi connectivity index (χ1v) is 10.9. The van der Waals surface area contributed by atoms with Gasteiger partial charge in [-0.05, 0) is 42.2 Å². The van der Waals surface area contributed by atoms with Crippen molar-refractivity contribution in [1.82, 2.24) is 15.0 Å². The Balaban J connectivity index is 1.90. The summed E-state index contributed by atoms with van der Waals surface area (Å²) < 4.78 is 0.941. The van der Waals surface area contributed by atoms with E-state index in [0.717, 1.165) is 45.2 Å². The number of hydrogen-bond donors (Lipinski definition) is 0. The Bertz CT molecular complexity index is 1220. The SMILES string of the molecule is C=C/C=C(\C=C)c1cc(Br)cc(-c2nc(C3=CCCC=C3)nc(-c3ccccc3)n2)c1. The summed E-state index contributed by atoms with van der Waals surface area (Å²) in [6, 6.07) is 16.1. The number of rotatable bonds is 6. The minimum atomic E-state index is 0.633. The van der Waals surface area contributed by atoms with Gasteiger partial charge in [-0.3, -0.25) is 0 Å². The van der Waals surface area contributed by atoms with Gasteiger partial charge in [0.15, 0.2) is 17.5 Å². The highest BCUT2D eigenvalue weighted by molar-refractivity contribution is 9.10. The van der Waals surface area contributed by atoms with Gasteiger partial charge in [-0.2, -0.15) is 0 Å². The lowest BCUT2D eigenvalue weighted by atomic mass is 10.0. The van der Waals surface area contributed by atoms with Gasteiger partial charge in [-0.15, -0.1) is 0 Å². The lowest BCUT2D eigenvalue weighted by molar-refractivity contribution is 1.01. The molecule has 4 heteroatoms. The molecule has 0 aliphatic heterocycles. The molecule has 1 aromatic heterocycles. The summed E-state index contributed by atoms with van der Waals surface area (Å²) in [4.78, 5) is 14.4. The normalized spacial score (nSPS) is 13.6. The van der Waals surface area contributed by atoms with Gasteiger partial charge in [0, 0.05) is 21.2 Å². The second-order valence-corrected chi connectivity index (χ2v) is 8.02. The summed E-state index contributed by atoms with van der Waals surface area (Å²) in [5, 5.41) is 0. The zero-order valence-corrected chi connectivity index (χ0v) is 18.7. The largest absolute Gasteiger partial charge is 0.208 e. The molecule has 0 amide bonds. The monoisotopic (exact) mass is 467 g/mol. The summed E-state index contributed by atoms with van der Waals surface area (Å²) in [5.41, 5.74) is 4.89. The first kappa shape index (κ1) is 20.9. The van der Waals surface area contributed by atoms with E-state index in [0.29, 0.717) is 17.5 Å². The second-order valence-electron chi connectivity index (χ2n) is 7.10. The van der Waals surface area contributed by atoms with Crippen molar-refractivity contribution in [2.45, 2.75) is 12.8 Å². The molecule has 0 N–H and O–H groups in total. The molecule has 0 atom stereocenters. The number of allylic oxidation sites excluding steroid dienone is 8. The fourth-order valence-electron chi connectivity index (χ4n) is 3.42. The highest BCUT2D eigenvalue weighted by Crippen LogP contribution is 2.30. The van der Waals surface area contributed by atoms with E-state index in [1.54, 1.807) is 6.08 Å². The van der Waals surface area contributed by atoms with Crippen LogP contribution in [0.2, 0.25) is 0 Å². The van der Waals surface area contributed by atoms with Crippen LogP contribution in [-0.2, 0) is 0 Å². The smallest absolute Gasteiger partial charge is 0.164 e. The zero-order valence-electron chi connectivity index (χ0n) is 17.1.